The number of piperidine rings is 1. The van der Waals surface area contributed by atoms with Crippen molar-refractivity contribution in [3.63, 3.8) is 0 Å². The van der Waals surface area contributed by atoms with Gasteiger partial charge in [0.15, 0.2) is 5.82 Å². The number of aromatic nitrogens is 2. The van der Waals surface area contributed by atoms with Gasteiger partial charge in [0.2, 0.25) is 6.41 Å². The van der Waals surface area contributed by atoms with Gasteiger partial charge in [0.1, 0.15) is 11.5 Å². The second kappa shape index (κ2) is 12.8. The highest BCUT2D eigenvalue weighted by molar-refractivity contribution is 5.68. The third-order valence-electron chi connectivity index (χ3n) is 5.07. The van der Waals surface area contributed by atoms with Crippen LogP contribution in [0.4, 0.5) is 5.82 Å². The highest BCUT2D eigenvalue weighted by Gasteiger charge is 2.12. The summed E-state index contributed by atoms with van der Waals surface area (Å²) in [5.74, 6) is 2.07. The Labute approximate surface area is 174 Å². The topological polar surface area (TPSA) is 79.5 Å². The number of H-pyrrole nitrogens is 1. The highest BCUT2D eigenvalue weighted by atomic mass is 16.5. The molecule has 1 atom stereocenters. The quantitative estimate of drug-likeness (QED) is 0.684. The number of amides is 1. The number of rotatable bonds is 7. The van der Waals surface area contributed by atoms with Gasteiger partial charge in [-0.3, -0.25) is 9.89 Å². The monoisotopic (exact) mass is 404 g/mol. The Morgan fingerprint density at radius 2 is 1.86 bits per heavy atom. The maximum atomic E-state index is 10.3. The van der Waals surface area contributed by atoms with E-state index in [4.69, 9.17) is 9.47 Å². The molecule has 2 N–H and O–H groups in total. The van der Waals surface area contributed by atoms with E-state index in [1.807, 2.05) is 24.3 Å². The zero-order valence-electron chi connectivity index (χ0n) is 17.3. The average Bonchev–Trinajstić information content (AvgIpc) is 3.16. The maximum absolute atomic E-state index is 10.3. The largest absolute Gasteiger partial charge is 0.497 e. The van der Waals surface area contributed by atoms with Crippen molar-refractivity contribution in [2.45, 2.75) is 52.5 Å². The van der Waals surface area contributed by atoms with Crippen LogP contribution in [0.15, 0.2) is 24.3 Å². The number of likely N-dealkylation sites (tertiary alicyclic amines) is 1. The lowest BCUT2D eigenvalue weighted by Crippen LogP contribution is -2.33. The van der Waals surface area contributed by atoms with Crippen LogP contribution < -0.4 is 14.8 Å². The van der Waals surface area contributed by atoms with E-state index in [1.54, 1.807) is 14.2 Å². The van der Waals surface area contributed by atoms with Gasteiger partial charge in [-0.1, -0.05) is 13.8 Å². The molecule has 2 heterocycles. The standard InChI is InChI=1S/C14H17N3O3.C7H15N.CH4/c1-19-12-5-10(6-13(8-12)20-2)3-4-11-7-14(15-9-18)17-16-11;1-7-5-3-4-6-8(7)2;/h5-9H,3-4H2,1-2H3,(H2,15,16,17,18);7H,3-6H2,1-2H3;1H4. The number of ether oxygens (including phenoxy) is 2. The summed E-state index contributed by atoms with van der Waals surface area (Å²) < 4.78 is 10.5. The number of hydrogen-bond donors (Lipinski definition) is 2. The predicted molar refractivity (Wildman–Crippen MR) is 118 cm³/mol. The molecule has 3 rings (SSSR count). The molecule has 0 spiro atoms. The summed E-state index contributed by atoms with van der Waals surface area (Å²) in [5, 5.41) is 9.35. The Balaban J connectivity index is 0.000000394. The molecule has 162 valence electrons. The summed E-state index contributed by atoms with van der Waals surface area (Å²) in [5.41, 5.74) is 2.07. The van der Waals surface area contributed by atoms with E-state index in [-0.39, 0.29) is 7.43 Å². The Morgan fingerprint density at radius 1 is 1.17 bits per heavy atom. The molecule has 7 heteroatoms. The number of carbonyl (C=O) groups is 1. The molecular formula is C22H36N4O3. The molecule has 0 aliphatic carbocycles. The summed E-state index contributed by atoms with van der Waals surface area (Å²) >= 11 is 0. The Kier molecular flexibility index (Phi) is 10.8. The van der Waals surface area contributed by atoms with E-state index in [0.29, 0.717) is 12.2 Å². The Morgan fingerprint density at radius 3 is 2.38 bits per heavy atom. The van der Waals surface area contributed by atoms with Gasteiger partial charge < -0.3 is 19.7 Å². The van der Waals surface area contributed by atoms with Crippen LogP contribution in [-0.4, -0.2) is 55.4 Å². The van der Waals surface area contributed by atoms with Crippen LogP contribution in [0.5, 0.6) is 11.5 Å². The first-order valence-corrected chi connectivity index (χ1v) is 9.72. The lowest BCUT2D eigenvalue weighted by atomic mass is 10.1. The van der Waals surface area contributed by atoms with Crippen molar-refractivity contribution in [1.82, 2.24) is 15.1 Å². The molecule has 7 nitrogen and oxygen atoms in total. The summed E-state index contributed by atoms with van der Waals surface area (Å²) in [4.78, 5) is 12.7. The normalized spacial score (nSPS) is 16.1. The third kappa shape index (κ3) is 8.15. The first-order chi connectivity index (χ1) is 13.5. The minimum atomic E-state index is 0. The summed E-state index contributed by atoms with van der Waals surface area (Å²) in [7, 11) is 5.47. The fourth-order valence-electron chi connectivity index (χ4n) is 3.16. The molecule has 1 aliphatic heterocycles. The zero-order chi connectivity index (χ0) is 20.4. The van der Waals surface area contributed by atoms with E-state index < -0.39 is 0 Å². The summed E-state index contributed by atoms with van der Waals surface area (Å²) in [6.45, 7) is 3.61. The molecule has 1 aliphatic rings. The lowest BCUT2D eigenvalue weighted by molar-refractivity contribution is -0.105. The van der Waals surface area contributed by atoms with Gasteiger partial charge in [-0.25, -0.2) is 0 Å². The third-order valence-corrected chi connectivity index (χ3v) is 5.07. The van der Waals surface area contributed by atoms with E-state index in [1.165, 1.54) is 25.8 Å². The van der Waals surface area contributed by atoms with Crippen LogP contribution in [0, 0.1) is 0 Å². The number of carbonyl (C=O) groups excluding carboxylic acids is 1. The molecule has 1 saturated heterocycles. The maximum Gasteiger partial charge on any atom is 0.212 e. The number of aryl methyl sites for hydroxylation is 2. The first-order valence-electron chi connectivity index (χ1n) is 9.72. The second-order valence-corrected chi connectivity index (χ2v) is 7.09. The van der Waals surface area contributed by atoms with E-state index in [2.05, 4.69) is 34.4 Å². The van der Waals surface area contributed by atoms with Crippen LogP contribution in [0.3, 0.4) is 0 Å². The van der Waals surface area contributed by atoms with Gasteiger partial charge in [0.25, 0.3) is 0 Å². The Hall–Kier alpha value is -2.54. The molecule has 1 aromatic heterocycles. The number of benzene rings is 1. The summed E-state index contributed by atoms with van der Waals surface area (Å²) in [6.07, 6.45) is 6.44. The van der Waals surface area contributed by atoms with Gasteiger partial charge in [-0.15, -0.1) is 0 Å². The van der Waals surface area contributed by atoms with Gasteiger partial charge in [-0.05, 0) is 63.9 Å². The number of aromatic amines is 1. The van der Waals surface area contributed by atoms with Gasteiger partial charge in [0, 0.05) is 23.9 Å². The van der Waals surface area contributed by atoms with Crippen molar-refractivity contribution in [2.75, 3.05) is 33.1 Å². The second-order valence-electron chi connectivity index (χ2n) is 7.09. The number of methoxy groups -OCH3 is 2. The van der Waals surface area contributed by atoms with Crippen molar-refractivity contribution >= 4 is 12.2 Å². The van der Waals surface area contributed by atoms with Gasteiger partial charge in [0.05, 0.1) is 14.2 Å². The SMILES string of the molecule is C.CC1CCCCN1C.COc1cc(CCc2cc(NC=O)n[nH]2)cc(OC)c1. The molecule has 1 amide bonds. The number of hydrogen-bond acceptors (Lipinski definition) is 5. The molecule has 1 unspecified atom stereocenters. The first kappa shape index (κ1) is 24.5. The van der Waals surface area contributed by atoms with Crippen molar-refractivity contribution in [3.05, 3.63) is 35.5 Å². The molecule has 0 radical (unpaired) electrons. The molecule has 1 fully saturated rings. The molecule has 29 heavy (non-hydrogen) atoms. The van der Waals surface area contributed by atoms with Crippen molar-refractivity contribution in [2.24, 2.45) is 0 Å². The number of nitrogens with zero attached hydrogens (tertiary/aromatic N) is 2. The minimum Gasteiger partial charge on any atom is -0.497 e. The molecule has 1 aromatic carbocycles. The number of anilines is 1. The van der Waals surface area contributed by atoms with Crippen molar-refractivity contribution in [3.8, 4) is 11.5 Å². The van der Waals surface area contributed by atoms with Crippen molar-refractivity contribution < 1.29 is 14.3 Å². The van der Waals surface area contributed by atoms with Gasteiger partial charge >= 0.3 is 0 Å². The predicted octanol–water partition coefficient (Wildman–Crippen LogP) is 3.91. The van der Waals surface area contributed by atoms with E-state index >= 15 is 0 Å². The molecule has 0 bridgehead atoms. The van der Waals surface area contributed by atoms with Crippen LogP contribution in [0.1, 0.15) is 44.9 Å². The van der Waals surface area contributed by atoms with Gasteiger partial charge in [-0.2, -0.15) is 5.10 Å². The fraction of sp³-hybridized carbons (Fsp3) is 0.545. The van der Waals surface area contributed by atoms with Crippen LogP contribution in [0.2, 0.25) is 0 Å². The minimum absolute atomic E-state index is 0. The van der Waals surface area contributed by atoms with Crippen molar-refractivity contribution in [1.29, 1.82) is 0 Å². The Bertz CT molecular complexity index is 700. The van der Waals surface area contributed by atoms with E-state index in [0.717, 1.165) is 41.6 Å². The van der Waals surface area contributed by atoms with Crippen LogP contribution in [-0.2, 0) is 17.6 Å². The van der Waals surface area contributed by atoms with E-state index in [9.17, 15) is 4.79 Å². The lowest BCUT2D eigenvalue weighted by Gasteiger charge is -2.29. The zero-order valence-corrected chi connectivity index (χ0v) is 17.3. The number of nitrogens with one attached hydrogen (secondary N) is 2. The fourth-order valence-corrected chi connectivity index (χ4v) is 3.16. The summed E-state index contributed by atoms with van der Waals surface area (Å²) in [6, 6.07) is 8.44. The highest BCUT2D eigenvalue weighted by Crippen LogP contribution is 2.23. The van der Waals surface area contributed by atoms with Crippen LogP contribution >= 0.6 is 0 Å². The molecular weight excluding hydrogens is 368 g/mol. The molecule has 0 saturated carbocycles. The van der Waals surface area contributed by atoms with Crippen LogP contribution in [0.25, 0.3) is 0 Å². The average molecular weight is 405 g/mol. The molecule has 2 aromatic rings. The smallest absolute Gasteiger partial charge is 0.212 e.